The van der Waals surface area contributed by atoms with Crippen LogP contribution in [0.3, 0.4) is 0 Å². The van der Waals surface area contributed by atoms with Gasteiger partial charge in [0.2, 0.25) is 0 Å². The molecule has 238 valence electrons. The second-order valence-electron chi connectivity index (χ2n) is 11.8. The first-order chi connectivity index (χ1) is 21.7. The number of carbonyl (C=O) groups is 1. The molecule has 9 nitrogen and oxygen atoms in total. The van der Waals surface area contributed by atoms with Crippen molar-refractivity contribution < 1.29 is 28.8 Å². The maximum absolute atomic E-state index is 14.1. The number of phenolic OH excluding ortho intramolecular Hbond substituents is 1. The number of hydrogen-bond acceptors (Lipinski definition) is 7. The predicted octanol–water partition coefficient (Wildman–Crippen LogP) is 7.03. The Morgan fingerprint density at radius 3 is 2.42 bits per heavy atom. The van der Waals surface area contributed by atoms with Crippen molar-refractivity contribution in [3.05, 3.63) is 82.0 Å². The number of rotatable bonds is 13. The molecule has 4 aromatic rings. The number of nitrogens with one attached hydrogen (secondary N) is 1. The Balaban J connectivity index is 1.58. The summed E-state index contributed by atoms with van der Waals surface area (Å²) >= 11 is 0. The Kier molecular flexibility index (Phi) is 9.56. The van der Waals surface area contributed by atoms with Crippen LogP contribution in [0.15, 0.2) is 48.5 Å². The lowest BCUT2D eigenvalue weighted by atomic mass is 9.93. The molecule has 1 amide bonds. The summed E-state index contributed by atoms with van der Waals surface area (Å²) in [6.45, 7) is 11.6. The molecule has 1 aromatic heterocycles. The van der Waals surface area contributed by atoms with Gasteiger partial charge in [-0.05, 0) is 92.1 Å². The van der Waals surface area contributed by atoms with E-state index in [2.05, 4.69) is 24.0 Å². The van der Waals surface area contributed by atoms with Crippen molar-refractivity contribution >= 4 is 5.91 Å². The van der Waals surface area contributed by atoms with E-state index in [4.69, 9.17) is 18.9 Å². The highest BCUT2D eigenvalue weighted by Crippen LogP contribution is 2.46. The third kappa shape index (κ3) is 6.43. The summed E-state index contributed by atoms with van der Waals surface area (Å²) in [4.78, 5) is 15.9. The van der Waals surface area contributed by atoms with Crippen LogP contribution in [-0.2, 0) is 6.42 Å². The van der Waals surface area contributed by atoms with Gasteiger partial charge in [0.15, 0.2) is 23.0 Å². The topological polar surface area (TPSA) is 106 Å². The fourth-order valence-corrected chi connectivity index (χ4v) is 5.89. The number of ether oxygens (including phenoxy) is 4. The van der Waals surface area contributed by atoms with Crippen LogP contribution >= 0.6 is 0 Å². The molecule has 45 heavy (non-hydrogen) atoms. The number of fused-ring (bicyclic) bond motifs is 1. The fraction of sp³-hybridized carbons (Fsp3) is 0.389. The van der Waals surface area contributed by atoms with Gasteiger partial charge in [-0.2, -0.15) is 5.10 Å². The molecule has 9 heteroatoms. The van der Waals surface area contributed by atoms with E-state index in [1.54, 1.807) is 14.2 Å². The quantitative estimate of drug-likeness (QED) is 0.167. The average molecular weight is 614 g/mol. The van der Waals surface area contributed by atoms with Crippen molar-refractivity contribution in [1.29, 1.82) is 0 Å². The lowest BCUT2D eigenvalue weighted by Gasteiger charge is -2.27. The van der Waals surface area contributed by atoms with Crippen molar-refractivity contribution in [3.63, 3.8) is 0 Å². The standard InChI is InChI=1S/C36H43N3O6/c1-8-44-30-20-25(10-12-28(30)45-16-14-21(2)3)34-31-32(26-18-22(4)17-23(5)35(26)40)37-38-33(31)36(41)39(34)15-13-24-9-11-27(42-6)29(19-24)43-7/h9-12,17-21,34,40H,8,13-16H2,1-7H3,(H,37,38). The Bertz CT molecular complexity index is 1680. The largest absolute Gasteiger partial charge is 0.507 e. The molecule has 0 bridgehead atoms. The van der Waals surface area contributed by atoms with E-state index in [0.717, 1.165) is 34.2 Å². The molecule has 0 saturated carbocycles. The number of aromatic nitrogens is 2. The summed E-state index contributed by atoms with van der Waals surface area (Å²) in [6.07, 6.45) is 1.51. The molecule has 2 heterocycles. The molecule has 0 radical (unpaired) electrons. The molecular formula is C36H43N3O6. The van der Waals surface area contributed by atoms with E-state index in [1.165, 1.54) is 0 Å². The number of methoxy groups -OCH3 is 2. The number of aromatic hydroxyl groups is 1. The summed E-state index contributed by atoms with van der Waals surface area (Å²) in [6, 6.07) is 15.0. The van der Waals surface area contributed by atoms with E-state index in [0.29, 0.717) is 72.0 Å². The lowest BCUT2D eigenvalue weighted by Crippen LogP contribution is -2.31. The summed E-state index contributed by atoms with van der Waals surface area (Å²) in [5, 5.41) is 18.7. The number of hydrogen-bond donors (Lipinski definition) is 2. The highest BCUT2D eigenvalue weighted by molar-refractivity contribution is 6.00. The van der Waals surface area contributed by atoms with Gasteiger partial charge in [-0.3, -0.25) is 9.89 Å². The van der Waals surface area contributed by atoms with Crippen LogP contribution in [0.4, 0.5) is 0 Å². The van der Waals surface area contributed by atoms with Crippen molar-refractivity contribution in [2.75, 3.05) is 34.0 Å². The number of carbonyl (C=O) groups excluding carboxylic acids is 1. The van der Waals surface area contributed by atoms with Gasteiger partial charge in [0.25, 0.3) is 5.91 Å². The number of nitrogens with zero attached hydrogens (tertiary/aromatic N) is 2. The number of amides is 1. The molecule has 1 atom stereocenters. The van der Waals surface area contributed by atoms with Gasteiger partial charge >= 0.3 is 0 Å². The number of aryl methyl sites for hydroxylation is 2. The second-order valence-corrected chi connectivity index (χ2v) is 11.8. The fourth-order valence-electron chi connectivity index (χ4n) is 5.89. The van der Waals surface area contributed by atoms with Gasteiger partial charge in [-0.15, -0.1) is 0 Å². The van der Waals surface area contributed by atoms with E-state index >= 15 is 0 Å². The van der Waals surface area contributed by atoms with Gasteiger partial charge in [0.05, 0.1) is 33.5 Å². The second kappa shape index (κ2) is 13.5. The highest BCUT2D eigenvalue weighted by atomic mass is 16.5. The molecule has 1 aliphatic rings. The maximum Gasteiger partial charge on any atom is 0.273 e. The van der Waals surface area contributed by atoms with Gasteiger partial charge in [-0.1, -0.05) is 32.0 Å². The Labute approximate surface area is 265 Å². The predicted molar refractivity (Wildman–Crippen MR) is 174 cm³/mol. The summed E-state index contributed by atoms with van der Waals surface area (Å²) in [5.74, 6) is 3.08. The first-order valence-corrected chi connectivity index (χ1v) is 15.5. The van der Waals surface area contributed by atoms with E-state index < -0.39 is 6.04 Å². The molecule has 3 aromatic carbocycles. The SMILES string of the molecule is CCOc1cc(C2c3c(-c4cc(C)cc(C)c4O)n[nH]c3C(=O)N2CCc2ccc(OC)c(OC)c2)ccc1OCCC(C)C. The zero-order valence-corrected chi connectivity index (χ0v) is 27.2. The van der Waals surface area contributed by atoms with Gasteiger partial charge in [0, 0.05) is 17.7 Å². The molecule has 1 unspecified atom stereocenters. The van der Waals surface area contributed by atoms with Crippen molar-refractivity contribution in [1.82, 2.24) is 15.1 Å². The normalized spacial score (nSPS) is 14.2. The lowest BCUT2D eigenvalue weighted by molar-refractivity contribution is 0.0745. The van der Waals surface area contributed by atoms with Crippen molar-refractivity contribution in [3.8, 4) is 40.0 Å². The average Bonchev–Trinajstić information content (AvgIpc) is 3.56. The van der Waals surface area contributed by atoms with E-state index in [9.17, 15) is 9.90 Å². The highest BCUT2D eigenvalue weighted by Gasteiger charge is 2.42. The molecule has 0 fully saturated rings. The van der Waals surface area contributed by atoms with E-state index in [1.807, 2.05) is 74.2 Å². The third-order valence-corrected chi connectivity index (χ3v) is 8.19. The Morgan fingerprint density at radius 1 is 0.956 bits per heavy atom. The maximum atomic E-state index is 14.1. The summed E-state index contributed by atoms with van der Waals surface area (Å²) in [5.41, 5.74) is 5.88. The Hall–Kier alpha value is -4.66. The smallest absolute Gasteiger partial charge is 0.273 e. The molecule has 0 aliphatic carbocycles. The molecule has 1 aliphatic heterocycles. The summed E-state index contributed by atoms with van der Waals surface area (Å²) < 4.78 is 23.1. The van der Waals surface area contributed by atoms with Gasteiger partial charge < -0.3 is 29.0 Å². The minimum atomic E-state index is -0.481. The first kappa shape index (κ1) is 31.8. The zero-order valence-electron chi connectivity index (χ0n) is 27.2. The van der Waals surface area contributed by atoms with Gasteiger partial charge in [0.1, 0.15) is 17.1 Å². The third-order valence-electron chi connectivity index (χ3n) is 8.19. The number of benzene rings is 3. The first-order valence-electron chi connectivity index (χ1n) is 15.5. The molecular weight excluding hydrogens is 570 g/mol. The van der Waals surface area contributed by atoms with Crippen LogP contribution in [-0.4, -0.2) is 60.1 Å². The minimum absolute atomic E-state index is 0.147. The van der Waals surface area contributed by atoms with Crippen LogP contribution in [0.2, 0.25) is 0 Å². The molecule has 0 saturated heterocycles. The van der Waals surface area contributed by atoms with Crippen molar-refractivity contribution in [2.24, 2.45) is 5.92 Å². The zero-order chi connectivity index (χ0) is 32.2. The van der Waals surface area contributed by atoms with Gasteiger partial charge in [-0.25, -0.2) is 0 Å². The van der Waals surface area contributed by atoms with Crippen molar-refractivity contribution in [2.45, 2.75) is 53.5 Å². The number of phenols is 1. The number of H-pyrrole nitrogens is 1. The van der Waals surface area contributed by atoms with Crippen LogP contribution in [0.1, 0.15) is 71.5 Å². The Morgan fingerprint density at radius 2 is 1.71 bits per heavy atom. The number of aromatic amines is 1. The summed E-state index contributed by atoms with van der Waals surface area (Å²) in [7, 11) is 3.21. The monoisotopic (exact) mass is 613 g/mol. The molecule has 5 rings (SSSR count). The van der Waals surface area contributed by atoms with Crippen LogP contribution in [0.25, 0.3) is 11.3 Å². The van der Waals surface area contributed by atoms with Crippen LogP contribution in [0.5, 0.6) is 28.7 Å². The molecule has 0 spiro atoms. The van der Waals surface area contributed by atoms with E-state index in [-0.39, 0.29) is 11.7 Å². The van der Waals surface area contributed by atoms with Crippen LogP contribution < -0.4 is 18.9 Å². The molecule has 2 N–H and O–H groups in total. The minimum Gasteiger partial charge on any atom is -0.507 e. The van der Waals surface area contributed by atoms with Crippen LogP contribution in [0, 0.1) is 19.8 Å².